The summed E-state index contributed by atoms with van der Waals surface area (Å²) in [5, 5.41) is 4.35. The van der Waals surface area contributed by atoms with Crippen LogP contribution in [0.15, 0.2) is 42.7 Å². The highest BCUT2D eigenvalue weighted by Gasteiger charge is 2.31. The van der Waals surface area contributed by atoms with Gasteiger partial charge in [-0.05, 0) is 12.8 Å². The number of benzene rings is 1. The Hall–Kier alpha value is -2.96. The molecule has 0 unspecified atom stereocenters. The van der Waals surface area contributed by atoms with Crippen LogP contribution in [-0.4, -0.2) is 56.6 Å². The highest BCUT2D eigenvalue weighted by Crippen LogP contribution is 2.29. The Morgan fingerprint density at radius 2 is 1.81 bits per heavy atom. The summed E-state index contributed by atoms with van der Waals surface area (Å²) < 4.78 is 1.79. The number of carbonyl (C=O) groups excluding carboxylic acids is 1. The van der Waals surface area contributed by atoms with E-state index in [1.54, 1.807) is 4.52 Å². The van der Waals surface area contributed by atoms with Crippen molar-refractivity contribution in [2.45, 2.75) is 19.3 Å². The molecule has 0 radical (unpaired) electrons. The van der Waals surface area contributed by atoms with Gasteiger partial charge in [-0.1, -0.05) is 36.8 Å². The van der Waals surface area contributed by atoms with Crippen molar-refractivity contribution in [2.24, 2.45) is 5.92 Å². The van der Waals surface area contributed by atoms with Crippen LogP contribution in [-0.2, 0) is 4.79 Å². The van der Waals surface area contributed by atoms with Crippen molar-refractivity contribution in [1.29, 1.82) is 0 Å². The van der Waals surface area contributed by atoms with E-state index in [1.807, 2.05) is 35.2 Å². The van der Waals surface area contributed by atoms with Crippen LogP contribution in [0.5, 0.6) is 0 Å². The number of hydrogen-bond donors (Lipinski definition) is 0. The number of carbonyl (C=O) groups is 1. The van der Waals surface area contributed by atoms with Crippen molar-refractivity contribution in [3.8, 4) is 11.3 Å². The molecule has 0 spiro atoms. The minimum atomic E-state index is 0.268. The lowest BCUT2D eigenvalue weighted by Gasteiger charge is -2.39. The van der Waals surface area contributed by atoms with E-state index >= 15 is 0 Å². The van der Waals surface area contributed by atoms with Gasteiger partial charge >= 0.3 is 0 Å². The molecule has 0 bridgehead atoms. The molecule has 1 saturated carbocycles. The zero-order valence-corrected chi connectivity index (χ0v) is 15.2. The first-order chi connectivity index (χ1) is 13.3. The first-order valence-corrected chi connectivity index (χ1v) is 9.59. The Labute approximate surface area is 157 Å². The quantitative estimate of drug-likeness (QED) is 0.715. The van der Waals surface area contributed by atoms with Gasteiger partial charge in [0.25, 0.3) is 5.78 Å². The second kappa shape index (κ2) is 6.64. The van der Waals surface area contributed by atoms with Crippen LogP contribution in [0.3, 0.4) is 0 Å². The molecule has 2 fully saturated rings. The van der Waals surface area contributed by atoms with Crippen molar-refractivity contribution >= 4 is 17.5 Å². The second-order valence-electron chi connectivity index (χ2n) is 7.28. The van der Waals surface area contributed by atoms with Crippen LogP contribution in [0.25, 0.3) is 17.0 Å². The van der Waals surface area contributed by atoms with Crippen molar-refractivity contribution in [1.82, 2.24) is 24.5 Å². The molecule has 1 aliphatic heterocycles. The third kappa shape index (κ3) is 2.93. The summed E-state index contributed by atoms with van der Waals surface area (Å²) in [5.74, 6) is 2.18. The Kier molecular flexibility index (Phi) is 3.99. The standard InChI is InChI=1S/C20H22N6O/c27-19(16-7-4-8-16)25-11-9-24(10-12-25)18-13-17(15-5-2-1-3-6-15)23-20-21-14-22-26(18)20/h1-3,5-6,13-14,16H,4,7-12H2. The SMILES string of the molecule is O=C(C1CCC1)N1CCN(c2cc(-c3ccccc3)nc3ncnn23)CC1. The minimum absolute atomic E-state index is 0.268. The summed E-state index contributed by atoms with van der Waals surface area (Å²) in [4.78, 5) is 25.7. The van der Waals surface area contributed by atoms with E-state index in [9.17, 15) is 4.79 Å². The molecule has 2 aromatic heterocycles. The lowest BCUT2D eigenvalue weighted by Crippen LogP contribution is -2.51. The predicted molar refractivity (Wildman–Crippen MR) is 102 cm³/mol. The molecule has 5 rings (SSSR count). The lowest BCUT2D eigenvalue weighted by molar-refractivity contribution is -0.138. The number of hydrogen-bond acceptors (Lipinski definition) is 5. The molecule has 0 N–H and O–H groups in total. The fraction of sp³-hybridized carbons (Fsp3) is 0.400. The average molecular weight is 362 g/mol. The van der Waals surface area contributed by atoms with Crippen LogP contribution in [0.1, 0.15) is 19.3 Å². The number of amides is 1. The molecular formula is C20H22N6O. The van der Waals surface area contributed by atoms with Gasteiger partial charge in [-0.25, -0.2) is 4.98 Å². The van der Waals surface area contributed by atoms with E-state index in [2.05, 4.69) is 26.0 Å². The van der Waals surface area contributed by atoms with E-state index in [4.69, 9.17) is 0 Å². The highest BCUT2D eigenvalue weighted by molar-refractivity contribution is 5.80. The van der Waals surface area contributed by atoms with Gasteiger partial charge in [0.15, 0.2) is 0 Å². The van der Waals surface area contributed by atoms with Crippen molar-refractivity contribution < 1.29 is 4.79 Å². The van der Waals surface area contributed by atoms with Crippen LogP contribution in [0.2, 0.25) is 0 Å². The van der Waals surface area contributed by atoms with Crippen LogP contribution < -0.4 is 4.90 Å². The van der Waals surface area contributed by atoms with E-state index in [0.29, 0.717) is 11.7 Å². The number of piperazine rings is 1. The molecule has 1 amide bonds. The van der Waals surface area contributed by atoms with Crippen LogP contribution in [0.4, 0.5) is 5.82 Å². The van der Waals surface area contributed by atoms with Gasteiger partial charge in [0, 0.05) is 43.7 Å². The van der Waals surface area contributed by atoms with Gasteiger partial charge in [0.2, 0.25) is 5.91 Å². The molecule has 7 heteroatoms. The van der Waals surface area contributed by atoms with Gasteiger partial charge in [0.1, 0.15) is 12.1 Å². The van der Waals surface area contributed by atoms with Crippen molar-refractivity contribution in [2.75, 3.05) is 31.1 Å². The van der Waals surface area contributed by atoms with E-state index < -0.39 is 0 Å². The Morgan fingerprint density at radius 1 is 1.04 bits per heavy atom. The number of nitrogens with zero attached hydrogens (tertiary/aromatic N) is 6. The largest absolute Gasteiger partial charge is 0.353 e. The summed E-state index contributed by atoms with van der Waals surface area (Å²) in [6.45, 7) is 3.11. The predicted octanol–water partition coefficient (Wildman–Crippen LogP) is 2.24. The second-order valence-corrected chi connectivity index (χ2v) is 7.28. The van der Waals surface area contributed by atoms with E-state index in [1.165, 1.54) is 12.7 Å². The molecule has 2 aliphatic rings. The number of anilines is 1. The maximum absolute atomic E-state index is 12.5. The van der Waals surface area contributed by atoms with Crippen molar-refractivity contribution in [3.63, 3.8) is 0 Å². The molecule has 7 nitrogen and oxygen atoms in total. The number of rotatable bonds is 3. The average Bonchev–Trinajstić information content (AvgIpc) is 3.15. The van der Waals surface area contributed by atoms with Gasteiger partial charge in [-0.3, -0.25) is 4.79 Å². The smallest absolute Gasteiger partial charge is 0.254 e. The summed E-state index contributed by atoms with van der Waals surface area (Å²) in [6.07, 6.45) is 4.85. The normalized spacial score (nSPS) is 17.9. The maximum atomic E-state index is 12.5. The molecule has 27 heavy (non-hydrogen) atoms. The molecular weight excluding hydrogens is 340 g/mol. The van der Waals surface area contributed by atoms with Gasteiger partial charge in [-0.2, -0.15) is 14.6 Å². The zero-order chi connectivity index (χ0) is 18.2. The molecule has 0 atom stereocenters. The molecule has 3 heterocycles. The minimum Gasteiger partial charge on any atom is -0.353 e. The molecule has 1 aliphatic carbocycles. The van der Waals surface area contributed by atoms with E-state index in [0.717, 1.165) is 56.1 Å². The third-order valence-corrected chi connectivity index (χ3v) is 5.67. The van der Waals surface area contributed by atoms with E-state index in [-0.39, 0.29) is 5.92 Å². The van der Waals surface area contributed by atoms with Crippen LogP contribution in [0, 0.1) is 5.92 Å². The number of aromatic nitrogens is 4. The highest BCUT2D eigenvalue weighted by atomic mass is 16.2. The van der Waals surface area contributed by atoms with Gasteiger partial charge in [0.05, 0.1) is 5.69 Å². The summed E-state index contributed by atoms with van der Waals surface area (Å²) in [5.41, 5.74) is 1.95. The molecule has 3 aromatic rings. The molecule has 1 aromatic carbocycles. The first kappa shape index (κ1) is 16.2. The Morgan fingerprint density at radius 3 is 2.52 bits per heavy atom. The van der Waals surface area contributed by atoms with Crippen LogP contribution >= 0.6 is 0 Å². The third-order valence-electron chi connectivity index (χ3n) is 5.67. The summed E-state index contributed by atoms with van der Waals surface area (Å²) in [6, 6.07) is 12.2. The molecule has 1 saturated heterocycles. The summed E-state index contributed by atoms with van der Waals surface area (Å²) >= 11 is 0. The lowest BCUT2D eigenvalue weighted by atomic mass is 9.84. The maximum Gasteiger partial charge on any atom is 0.254 e. The number of fused-ring (bicyclic) bond motifs is 1. The van der Waals surface area contributed by atoms with Gasteiger partial charge < -0.3 is 9.80 Å². The molecule has 138 valence electrons. The monoisotopic (exact) mass is 362 g/mol. The topological polar surface area (TPSA) is 66.6 Å². The zero-order valence-electron chi connectivity index (χ0n) is 15.2. The fourth-order valence-electron chi connectivity index (χ4n) is 3.85. The van der Waals surface area contributed by atoms with Gasteiger partial charge in [-0.15, -0.1) is 0 Å². The Balaban J connectivity index is 1.41. The summed E-state index contributed by atoms with van der Waals surface area (Å²) in [7, 11) is 0. The first-order valence-electron chi connectivity index (χ1n) is 9.59. The fourth-order valence-corrected chi connectivity index (χ4v) is 3.85. The Bertz CT molecular complexity index is 957. The van der Waals surface area contributed by atoms with Crippen molar-refractivity contribution in [3.05, 3.63) is 42.7 Å².